The van der Waals surface area contributed by atoms with Crippen molar-refractivity contribution in [2.45, 2.75) is 6.54 Å². The van der Waals surface area contributed by atoms with Gasteiger partial charge in [0.2, 0.25) is 0 Å². The van der Waals surface area contributed by atoms with E-state index >= 15 is 0 Å². The fourth-order valence-electron chi connectivity index (χ4n) is 0.751. The fourth-order valence-corrected chi connectivity index (χ4v) is 0.751. The zero-order chi connectivity index (χ0) is 8.97. The number of aromatic nitrogens is 1. The van der Waals surface area contributed by atoms with Crippen LogP contribution in [0.2, 0.25) is 0 Å². The number of nitrogens with one attached hydrogen (secondary N) is 1. The van der Waals surface area contributed by atoms with Crippen molar-refractivity contribution < 1.29 is 9.52 Å². The van der Waals surface area contributed by atoms with E-state index in [0.717, 1.165) is 5.56 Å². The Balaban J connectivity index is 2.53. The van der Waals surface area contributed by atoms with Crippen LogP contribution in [0.3, 0.4) is 0 Å². The second-order valence-corrected chi connectivity index (χ2v) is 2.28. The third kappa shape index (κ3) is 2.45. The van der Waals surface area contributed by atoms with E-state index in [1.165, 1.54) is 12.4 Å². The second-order valence-electron chi connectivity index (χ2n) is 2.28. The van der Waals surface area contributed by atoms with Gasteiger partial charge in [0, 0.05) is 18.7 Å². The second kappa shape index (κ2) is 3.56. The Hall–Kier alpha value is -1.78. The Morgan fingerprint density at radius 1 is 1.58 bits per heavy atom. The summed E-state index contributed by atoms with van der Waals surface area (Å²) in [6.45, 7) is 0.343. The molecule has 1 aromatic rings. The molecular weight excluding hydrogens is 158 g/mol. The number of urea groups is 1. The largest absolute Gasteiger partial charge is 0.619 e. The van der Waals surface area contributed by atoms with Crippen LogP contribution in [0.4, 0.5) is 4.79 Å². The summed E-state index contributed by atoms with van der Waals surface area (Å²) in [7, 11) is 0. The predicted octanol–water partition coefficient (Wildman–Crippen LogP) is -0.512. The molecule has 0 saturated carbocycles. The lowest BCUT2D eigenvalue weighted by Gasteiger charge is -2.00. The minimum atomic E-state index is -0.575. The summed E-state index contributed by atoms with van der Waals surface area (Å²) in [5, 5.41) is 13.0. The third-order valence-corrected chi connectivity index (χ3v) is 1.34. The highest BCUT2D eigenvalue weighted by molar-refractivity contribution is 5.71. The van der Waals surface area contributed by atoms with Crippen molar-refractivity contribution >= 4 is 6.03 Å². The van der Waals surface area contributed by atoms with Gasteiger partial charge >= 0.3 is 6.03 Å². The first kappa shape index (κ1) is 8.32. The molecule has 0 aliphatic carbocycles. The quantitative estimate of drug-likeness (QED) is 0.459. The molecule has 5 nitrogen and oxygen atoms in total. The summed E-state index contributed by atoms with van der Waals surface area (Å²) < 4.78 is 0.674. The summed E-state index contributed by atoms with van der Waals surface area (Å²) in [5.41, 5.74) is 5.69. The molecule has 1 heterocycles. The van der Waals surface area contributed by atoms with Gasteiger partial charge in [-0.15, -0.1) is 0 Å². The minimum absolute atomic E-state index is 0.343. The lowest BCUT2D eigenvalue weighted by atomic mass is 10.3. The van der Waals surface area contributed by atoms with Crippen molar-refractivity contribution in [3.63, 3.8) is 0 Å². The monoisotopic (exact) mass is 167 g/mol. The van der Waals surface area contributed by atoms with Gasteiger partial charge in [-0.3, -0.25) is 0 Å². The Labute approximate surface area is 69.4 Å². The molecule has 1 rings (SSSR count). The molecule has 0 aliphatic rings. The molecule has 0 aliphatic heterocycles. The molecule has 3 N–H and O–H groups in total. The van der Waals surface area contributed by atoms with Gasteiger partial charge in [-0.1, -0.05) is 0 Å². The van der Waals surface area contributed by atoms with Crippen LogP contribution in [-0.2, 0) is 6.54 Å². The van der Waals surface area contributed by atoms with E-state index < -0.39 is 6.03 Å². The van der Waals surface area contributed by atoms with Crippen LogP contribution in [0.15, 0.2) is 24.5 Å². The maximum Gasteiger partial charge on any atom is 0.312 e. The molecule has 0 unspecified atom stereocenters. The molecule has 0 atom stereocenters. The average Bonchev–Trinajstić information content (AvgIpc) is 2.03. The molecule has 0 aromatic carbocycles. The van der Waals surface area contributed by atoms with Crippen LogP contribution in [0, 0.1) is 5.21 Å². The number of nitrogens with two attached hydrogens (primary N) is 1. The average molecular weight is 167 g/mol. The van der Waals surface area contributed by atoms with E-state index in [2.05, 4.69) is 5.32 Å². The molecule has 0 spiro atoms. The van der Waals surface area contributed by atoms with Gasteiger partial charge in [-0.05, 0) is 5.56 Å². The molecule has 12 heavy (non-hydrogen) atoms. The Kier molecular flexibility index (Phi) is 2.47. The number of pyridine rings is 1. The molecule has 0 radical (unpaired) electrons. The normalized spacial score (nSPS) is 9.33. The Bertz CT molecular complexity index is 270. The molecule has 1 aromatic heterocycles. The number of primary amides is 1. The summed E-state index contributed by atoms with van der Waals surface area (Å²) >= 11 is 0. The number of hydrogen-bond acceptors (Lipinski definition) is 2. The van der Waals surface area contributed by atoms with Gasteiger partial charge < -0.3 is 16.3 Å². The molecule has 0 saturated heterocycles. The SMILES string of the molecule is NC(=O)NCc1cc[n+]([O-])cc1. The van der Waals surface area contributed by atoms with E-state index in [-0.39, 0.29) is 0 Å². The van der Waals surface area contributed by atoms with Crippen LogP contribution in [0.1, 0.15) is 5.56 Å². The van der Waals surface area contributed by atoms with Crippen LogP contribution >= 0.6 is 0 Å². The zero-order valence-corrected chi connectivity index (χ0v) is 6.36. The van der Waals surface area contributed by atoms with Gasteiger partial charge in [-0.2, -0.15) is 4.73 Å². The lowest BCUT2D eigenvalue weighted by Crippen LogP contribution is -2.29. The van der Waals surface area contributed by atoms with E-state index in [9.17, 15) is 10.0 Å². The van der Waals surface area contributed by atoms with E-state index in [0.29, 0.717) is 11.3 Å². The maximum absolute atomic E-state index is 10.6. The first-order valence-corrected chi connectivity index (χ1v) is 3.39. The lowest BCUT2D eigenvalue weighted by molar-refractivity contribution is -0.605. The molecule has 5 heteroatoms. The predicted molar refractivity (Wildman–Crippen MR) is 41.8 cm³/mol. The van der Waals surface area contributed by atoms with Gasteiger partial charge in [0.15, 0.2) is 12.4 Å². The van der Waals surface area contributed by atoms with Gasteiger partial charge in [0.05, 0.1) is 0 Å². The standard InChI is InChI=1S/C7H9N3O2/c8-7(11)9-5-6-1-3-10(12)4-2-6/h1-4H,5H2,(H3,8,9,11). The summed E-state index contributed by atoms with van der Waals surface area (Å²) in [4.78, 5) is 10.3. The summed E-state index contributed by atoms with van der Waals surface area (Å²) in [5.74, 6) is 0. The number of carbonyl (C=O) groups excluding carboxylic acids is 1. The van der Waals surface area contributed by atoms with Crippen molar-refractivity contribution in [2.24, 2.45) is 5.73 Å². The van der Waals surface area contributed by atoms with E-state index in [1.54, 1.807) is 12.1 Å². The zero-order valence-electron chi connectivity index (χ0n) is 6.36. The van der Waals surface area contributed by atoms with Crippen LogP contribution in [0.25, 0.3) is 0 Å². The highest BCUT2D eigenvalue weighted by Gasteiger charge is 1.95. The molecule has 0 fully saturated rings. The van der Waals surface area contributed by atoms with Gasteiger partial charge in [0.1, 0.15) is 0 Å². The Morgan fingerprint density at radius 2 is 2.17 bits per heavy atom. The topological polar surface area (TPSA) is 82.1 Å². The highest BCUT2D eigenvalue weighted by Crippen LogP contribution is 1.92. The third-order valence-electron chi connectivity index (χ3n) is 1.34. The summed E-state index contributed by atoms with van der Waals surface area (Å²) in [6.07, 6.45) is 2.72. The number of amides is 2. The first-order valence-electron chi connectivity index (χ1n) is 3.39. The maximum atomic E-state index is 10.6. The van der Waals surface area contributed by atoms with Crippen molar-refractivity contribution in [3.8, 4) is 0 Å². The molecule has 64 valence electrons. The highest BCUT2D eigenvalue weighted by atomic mass is 16.5. The van der Waals surface area contributed by atoms with Crippen molar-refractivity contribution in [3.05, 3.63) is 35.3 Å². The number of carbonyl (C=O) groups is 1. The van der Waals surface area contributed by atoms with Crippen LogP contribution < -0.4 is 15.8 Å². The molecule has 2 amide bonds. The molecule has 0 bridgehead atoms. The fraction of sp³-hybridized carbons (Fsp3) is 0.143. The Morgan fingerprint density at radius 3 is 2.67 bits per heavy atom. The van der Waals surface area contributed by atoms with Gasteiger partial charge in [-0.25, -0.2) is 4.79 Å². The molecular formula is C7H9N3O2. The number of hydrogen-bond donors (Lipinski definition) is 2. The van der Waals surface area contributed by atoms with Crippen molar-refractivity contribution in [1.29, 1.82) is 0 Å². The van der Waals surface area contributed by atoms with E-state index in [1.807, 2.05) is 0 Å². The smallest absolute Gasteiger partial charge is 0.312 e. The van der Waals surface area contributed by atoms with Gasteiger partial charge in [0.25, 0.3) is 0 Å². The number of nitrogens with zero attached hydrogens (tertiary/aromatic N) is 1. The first-order chi connectivity index (χ1) is 5.68. The summed E-state index contributed by atoms with van der Waals surface area (Å²) in [6, 6.07) is 2.65. The number of rotatable bonds is 2. The minimum Gasteiger partial charge on any atom is -0.619 e. The van der Waals surface area contributed by atoms with Crippen LogP contribution in [0.5, 0.6) is 0 Å². The van der Waals surface area contributed by atoms with Crippen molar-refractivity contribution in [2.75, 3.05) is 0 Å². The van der Waals surface area contributed by atoms with E-state index in [4.69, 9.17) is 5.73 Å². The van der Waals surface area contributed by atoms with Crippen molar-refractivity contribution in [1.82, 2.24) is 5.32 Å². The van der Waals surface area contributed by atoms with Crippen LogP contribution in [-0.4, -0.2) is 6.03 Å².